The minimum atomic E-state index is -0.217. The van der Waals surface area contributed by atoms with Gasteiger partial charge in [-0.25, -0.2) is 9.97 Å². The first-order valence-corrected chi connectivity index (χ1v) is 11.7. The fourth-order valence-electron chi connectivity index (χ4n) is 3.97. The molecule has 8 heteroatoms. The molecule has 4 rings (SSSR count). The van der Waals surface area contributed by atoms with Crippen molar-refractivity contribution in [2.45, 2.75) is 26.7 Å². The van der Waals surface area contributed by atoms with E-state index in [1.165, 1.54) is 0 Å². The Labute approximate surface area is 199 Å². The SMILES string of the molecule is CCOc1ccc(OCC)c(NC(=O)[C@@H]2CCCN(c3nccnc3Oc3ccccc3)C2)c1. The summed E-state index contributed by atoms with van der Waals surface area (Å²) in [5.41, 5.74) is 0.613. The Morgan fingerprint density at radius 2 is 1.82 bits per heavy atom. The van der Waals surface area contributed by atoms with Gasteiger partial charge in [0.15, 0.2) is 5.82 Å². The van der Waals surface area contributed by atoms with Crippen molar-refractivity contribution >= 4 is 17.4 Å². The lowest BCUT2D eigenvalue weighted by atomic mass is 9.97. The Bertz CT molecular complexity index is 1090. The molecule has 0 bridgehead atoms. The van der Waals surface area contributed by atoms with Gasteiger partial charge in [0, 0.05) is 31.5 Å². The smallest absolute Gasteiger partial charge is 0.263 e. The van der Waals surface area contributed by atoms with E-state index in [9.17, 15) is 4.79 Å². The summed E-state index contributed by atoms with van der Waals surface area (Å²) < 4.78 is 17.3. The van der Waals surface area contributed by atoms with E-state index in [0.717, 1.165) is 19.4 Å². The van der Waals surface area contributed by atoms with E-state index in [4.69, 9.17) is 14.2 Å². The van der Waals surface area contributed by atoms with E-state index in [-0.39, 0.29) is 11.8 Å². The van der Waals surface area contributed by atoms with Crippen LogP contribution in [0.5, 0.6) is 23.1 Å². The minimum absolute atomic E-state index is 0.0614. The molecule has 0 saturated carbocycles. The van der Waals surface area contributed by atoms with Crippen LogP contribution >= 0.6 is 0 Å². The molecule has 0 spiro atoms. The number of carbonyl (C=O) groups excluding carboxylic acids is 1. The maximum atomic E-state index is 13.2. The summed E-state index contributed by atoms with van der Waals surface area (Å²) >= 11 is 0. The quantitative estimate of drug-likeness (QED) is 0.483. The van der Waals surface area contributed by atoms with Crippen LogP contribution in [-0.4, -0.2) is 42.2 Å². The van der Waals surface area contributed by atoms with E-state index >= 15 is 0 Å². The molecule has 3 aromatic rings. The standard InChI is InChI=1S/C26H30N4O4/c1-3-32-21-12-13-23(33-4-2)22(17-21)29-25(31)19-9-8-16-30(18-19)24-26(28-15-14-27-24)34-20-10-6-5-7-11-20/h5-7,10-15,17,19H,3-4,8-9,16,18H2,1-2H3,(H,29,31)/t19-/m1/s1. The Hall–Kier alpha value is -3.81. The molecule has 8 nitrogen and oxygen atoms in total. The average molecular weight is 463 g/mol. The van der Waals surface area contributed by atoms with Crippen LogP contribution in [0, 0.1) is 5.92 Å². The zero-order valence-electron chi connectivity index (χ0n) is 19.6. The summed E-state index contributed by atoms with van der Waals surface area (Å²) in [5, 5.41) is 3.05. The van der Waals surface area contributed by atoms with Gasteiger partial charge < -0.3 is 24.4 Å². The largest absolute Gasteiger partial charge is 0.494 e. The van der Waals surface area contributed by atoms with E-state index in [0.29, 0.717) is 54.4 Å². The zero-order valence-corrected chi connectivity index (χ0v) is 19.6. The average Bonchev–Trinajstić information content (AvgIpc) is 2.87. The molecule has 0 aliphatic carbocycles. The number of hydrogen-bond acceptors (Lipinski definition) is 7. The van der Waals surface area contributed by atoms with Crippen molar-refractivity contribution in [1.82, 2.24) is 9.97 Å². The number of anilines is 2. The maximum Gasteiger partial charge on any atom is 0.263 e. The third-order valence-corrected chi connectivity index (χ3v) is 5.52. The lowest BCUT2D eigenvalue weighted by Crippen LogP contribution is -2.41. The van der Waals surface area contributed by atoms with Crippen LogP contribution < -0.4 is 24.4 Å². The number of rotatable bonds is 9. The van der Waals surface area contributed by atoms with E-state index < -0.39 is 0 Å². The van der Waals surface area contributed by atoms with E-state index in [1.54, 1.807) is 12.4 Å². The van der Waals surface area contributed by atoms with Gasteiger partial charge in [0.2, 0.25) is 5.91 Å². The van der Waals surface area contributed by atoms with Gasteiger partial charge in [0.1, 0.15) is 17.2 Å². The lowest BCUT2D eigenvalue weighted by molar-refractivity contribution is -0.120. The molecule has 1 aliphatic rings. The number of piperidine rings is 1. The molecule has 1 fully saturated rings. The highest BCUT2D eigenvalue weighted by molar-refractivity contribution is 5.94. The number of nitrogens with zero attached hydrogens (tertiary/aromatic N) is 3. The summed E-state index contributed by atoms with van der Waals surface area (Å²) in [7, 11) is 0. The number of benzene rings is 2. The van der Waals surface area contributed by atoms with Crippen LogP contribution in [0.25, 0.3) is 0 Å². The summed E-state index contributed by atoms with van der Waals surface area (Å²) in [5.74, 6) is 2.79. The van der Waals surface area contributed by atoms with Gasteiger partial charge in [0.25, 0.3) is 5.88 Å². The number of hydrogen-bond donors (Lipinski definition) is 1. The van der Waals surface area contributed by atoms with Gasteiger partial charge in [-0.15, -0.1) is 0 Å². The lowest BCUT2D eigenvalue weighted by Gasteiger charge is -2.33. The molecule has 1 atom stereocenters. The van der Waals surface area contributed by atoms with Crippen molar-refractivity contribution in [2.75, 3.05) is 36.5 Å². The Morgan fingerprint density at radius 3 is 2.62 bits per heavy atom. The van der Waals surface area contributed by atoms with Crippen molar-refractivity contribution in [1.29, 1.82) is 0 Å². The molecule has 1 aliphatic heterocycles. The second kappa shape index (κ2) is 11.4. The monoisotopic (exact) mass is 462 g/mol. The van der Waals surface area contributed by atoms with Gasteiger partial charge in [0.05, 0.1) is 24.8 Å². The third-order valence-electron chi connectivity index (χ3n) is 5.52. The zero-order chi connectivity index (χ0) is 23.8. The predicted molar refractivity (Wildman–Crippen MR) is 131 cm³/mol. The Kier molecular flexibility index (Phi) is 7.80. The second-order valence-corrected chi connectivity index (χ2v) is 7.90. The third kappa shape index (κ3) is 5.75. The summed E-state index contributed by atoms with van der Waals surface area (Å²) in [6, 6.07) is 15.0. The van der Waals surface area contributed by atoms with E-state index in [1.807, 2.05) is 62.4 Å². The number of aromatic nitrogens is 2. The summed E-state index contributed by atoms with van der Waals surface area (Å²) in [4.78, 5) is 24.2. The van der Waals surface area contributed by atoms with Crippen LogP contribution in [-0.2, 0) is 4.79 Å². The number of para-hydroxylation sites is 1. The van der Waals surface area contributed by atoms with Crippen LogP contribution in [0.15, 0.2) is 60.9 Å². The van der Waals surface area contributed by atoms with Gasteiger partial charge in [-0.05, 0) is 51.0 Å². The first-order valence-electron chi connectivity index (χ1n) is 11.7. The van der Waals surface area contributed by atoms with E-state index in [2.05, 4.69) is 20.2 Å². The molecular formula is C26H30N4O4. The molecule has 1 saturated heterocycles. The van der Waals surface area contributed by atoms with Gasteiger partial charge in [-0.3, -0.25) is 4.79 Å². The number of nitrogens with one attached hydrogen (secondary N) is 1. The molecule has 178 valence electrons. The van der Waals surface area contributed by atoms with Crippen LogP contribution in [0.1, 0.15) is 26.7 Å². The number of amides is 1. The normalized spacial score (nSPS) is 15.5. The van der Waals surface area contributed by atoms with Gasteiger partial charge in [-0.2, -0.15) is 0 Å². The molecule has 0 unspecified atom stereocenters. The van der Waals surface area contributed by atoms with Crippen molar-refractivity contribution in [3.05, 3.63) is 60.9 Å². The van der Waals surface area contributed by atoms with Crippen molar-refractivity contribution < 1.29 is 19.0 Å². The van der Waals surface area contributed by atoms with Crippen molar-refractivity contribution in [3.63, 3.8) is 0 Å². The molecule has 2 heterocycles. The van der Waals surface area contributed by atoms with Crippen LogP contribution in [0.2, 0.25) is 0 Å². The molecule has 0 radical (unpaired) electrons. The fraction of sp³-hybridized carbons (Fsp3) is 0.346. The molecule has 1 N–H and O–H groups in total. The highest BCUT2D eigenvalue weighted by Gasteiger charge is 2.29. The molecule has 34 heavy (non-hydrogen) atoms. The predicted octanol–water partition coefficient (Wildman–Crippen LogP) is 4.92. The second-order valence-electron chi connectivity index (χ2n) is 7.90. The Morgan fingerprint density at radius 1 is 1.03 bits per heavy atom. The maximum absolute atomic E-state index is 13.2. The minimum Gasteiger partial charge on any atom is -0.494 e. The highest BCUT2D eigenvalue weighted by atomic mass is 16.5. The first-order chi connectivity index (χ1) is 16.7. The number of carbonyl (C=O) groups is 1. The van der Waals surface area contributed by atoms with Crippen molar-refractivity contribution in [2.24, 2.45) is 5.92 Å². The fourth-order valence-corrected chi connectivity index (χ4v) is 3.97. The summed E-state index contributed by atoms with van der Waals surface area (Å²) in [6.07, 6.45) is 4.89. The molecular weight excluding hydrogens is 432 g/mol. The van der Waals surface area contributed by atoms with Gasteiger partial charge >= 0.3 is 0 Å². The number of ether oxygens (including phenoxy) is 3. The topological polar surface area (TPSA) is 85.8 Å². The first kappa shape index (κ1) is 23.4. The van der Waals surface area contributed by atoms with Crippen molar-refractivity contribution in [3.8, 4) is 23.1 Å². The van der Waals surface area contributed by atoms with Gasteiger partial charge in [-0.1, -0.05) is 18.2 Å². The Balaban J connectivity index is 1.49. The molecule has 2 aromatic carbocycles. The molecule has 1 aromatic heterocycles. The highest BCUT2D eigenvalue weighted by Crippen LogP contribution is 2.33. The van der Waals surface area contributed by atoms with Crippen LogP contribution in [0.3, 0.4) is 0 Å². The van der Waals surface area contributed by atoms with Crippen LogP contribution in [0.4, 0.5) is 11.5 Å². The summed E-state index contributed by atoms with van der Waals surface area (Å²) in [6.45, 7) is 6.18. The molecule has 1 amide bonds.